The van der Waals surface area contributed by atoms with Crippen molar-refractivity contribution < 1.29 is 43.3 Å². The molecule has 0 spiro atoms. The van der Waals surface area contributed by atoms with Gasteiger partial charge in [-0.05, 0) is 50.3 Å². The van der Waals surface area contributed by atoms with E-state index in [0.717, 1.165) is 6.08 Å². The van der Waals surface area contributed by atoms with Crippen molar-refractivity contribution >= 4 is 29.5 Å². The molecule has 1 aliphatic heterocycles. The standard InChI is InChI=1S/C35H43N3O9/c1-19-15-24-29(38-34(43)23-12-8-7-9-13-23)26(39)18-25(31(24)41)37-33(42)20(2)11-10-14-27(45-5)32(47-35(36)44)22(4)17-21(3)30(40)28(16-19)46-6/h7-14,17-19,21,27-28,30,32,40H,15-16H2,1-6H3,(H2,36,44)(H,37,42)(H,38,43)/b14-10-,20-11+,22-17+. The summed E-state index contributed by atoms with van der Waals surface area (Å²) in [5.74, 6) is -3.32. The van der Waals surface area contributed by atoms with Crippen molar-refractivity contribution in [2.45, 2.75) is 65.0 Å². The molecule has 3 rings (SSSR count). The van der Waals surface area contributed by atoms with Crippen molar-refractivity contribution in [1.82, 2.24) is 10.6 Å². The minimum Gasteiger partial charge on any atom is -0.439 e. The molecule has 12 heteroatoms. The lowest BCUT2D eigenvalue weighted by molar-refractivity contribution is -0.120. The topological polar surface area (TPSA) is 183 Å². The fourth-order valence-electron chi connectivity index (χ4n) is 5.50. The third-order valence-corrected chi connectivity index (χ3v) is 8.07. The molecule has 1 aliphatic carbocycles. The second kappa shape index (κ2) is 16.8. The minimum atomic E-state index is -1.03. The number of carbonyl (C=O) groups is 5. The highest BCUT2D eigenvalue weighted by atomic mass is 16.6. The third-order valence-electron chi connectivity index (χ3n) is 8.07. The Morgan fingerprint density at radius 1 is 1.04 bits per heavy atom. The Balaban J connectivity index is 2.09. The van der Waals surface area contributed by atoms with Crippen molar-refractivity contribution in [3.63, 3.8) is 0 Å². The average molecular weight is 650 g/mol. The second-order valence-corrected chi connectivity index (χ2v) is 11.8. The smallest absolute Gasteiger partial charge is 0.405 e. The number of amides is 3. The van der Waals surface area contributed by atoms with E-state index in [9.17, 15) is 29.1 Å². The van der Waals surface area contributed by atoms with Gasteiger partial charge in [0, 0.05) is 42.9 Å². The van der Waals surface area contributed by atoms with Crippen LogP contribution < -0.4 is 16.4 Å². The maximum absolute atomic E-state index is 13.8. The van der Waals surface area contributed by atoms with E-state index >= 15 is 0 Å². The lowest BCUT2D eigenvalue weighted by atomic mass is 9.85. The quantitative estimate of drug-likeness (QED) is 0.275. The summed E-state index contributed by atoms with van der Waals surface area (Å²) in [5.41, 5.74) is 5.99. The van der Waals surface area contributed by atoms with Crippen LogP contribution in [0.15, 0.2) is 88.8 Å². The van der Waals surface area contributed by atoms with Crippen molar-refractivity contribution in [1.29, 1.82) is 0 Å². The number of nitrogens with two attached hydrogens (primary N) is 1. The SMILES string of the molecule is COC1/C=C\C=C(/C)C(=O)NC2=CC(=O)C(NC(=O)c3ccccc3)=C(CC(C)CC(OC)C(O)C(C)/C=C(\C)C1OC(N)=O)C2=O. The fourth-order valence-corrected chi connectivity index (χ4v) is 5.50. The van der Waals surface area contributed by atoms with Gasteiger partial charge in [-0.3, -0.25) is 19.2 Å². The van der Waals surface area contributed by atoms with Crippen LogP contribution in [0.3, 0.4) is 0 Å². The van der Waals surface area contributed by atoms with E-state index in [-0.39, 0.29) is 41.3 Å². The maximum Gasteiger partial charge on any atom is 0.405 e. The van der Waals surface area contributed by atoms with E-state index in [1.54, 1.807) is 56.3 Å². The van der Waals surface area contributed by atoms with Gasteiger partial charge in [-0.1, -0.05) is 56.4 Å². The zero-order valence-corrected chi connectivity index (χ0v) is 27.4. The Morgan fingerprint density at radius 2 is 1.72 bits per heavy atom. The number of primary amides is 1. The first-order chi connectivity index (χ1) is 22.3. The number of aliphatic hydroxyl groups is 1. The maximum atomic E-state index is 13.8. The van der Waals surface area contributed by atoms with Crippen LogP contribution in [0, 0.1) is 11.8 Å². The Kier molecular flexibility index (Phi) is 13.1. The Labute approximate surface area is 274 Å². The number of carbonyl (C=O) groups excluding carboxylic acids is 5. The summed E-state index contributed by atoms with van der Waals surface area (Å²) in [4.78, 5) is 65.1. The van der Waals surface area contributed by atoms with Gasteiger partial charge in [-0.2, -0.15) is 0 Å². The first-order valence-corrected chi connectivity index (χ1v) is 15.2. The first-order valence-electron chi connectivity index (χ1n) is 15.2. The number of fused-ring (bicyclic) bond motifs is 2. The number of rotatable bonds is 5. The van der Waals surface area contributed by atoms with Crippen LogP contribution in [0.5, 0.6) is 0 Å². The van der Waals surface area contributed by atoms with E-state index in [0.29, 0.717) is 11.1 Å². The number of allylic oxidation sites excluding steroid dienone is 4. The van der Waals surface area contributed by atoms with Crippen LogP contribution in [-0.4, -0.2) is 73.2 Å². The minimum absolute atomic E-state index is 0.0199. The molecular formula is C35H43N3O9. The van der Waals surface area contributed by atoms with E-state index < -0.39 is 59.8 Å². The van der Waals surface area contributed by atoms with E-state index in [2.05, 4.69) is 10.6 Å². The summed E-state index contributed by atoms with van der Waals surface area (Å²) in [6.07, 6.45) is 3.05. The van der Waals surface area contributed by atoms with Gasteiger partial charge >= 0.3 is 6.09 Å². The van der Waals surface area contributed by atoms with Gasteiger partial charge < -0.3 is 35.7 Å². The number of hydrogen-bond acceptors (Lipinski definition) is 9. The Bertz CT molecular complexity index is 1520. The summed E-state index contributed by atoms with van der Waals surface area (Å²) in [7, 11) is 2.87. The number of benzene rings is 1. The molecule has 47 heavy (non-hydrogen) atoms. The summed E-state index contributed by atoms with van der Waals surface area (Å²) < 4.78 is 16.6. The molecule has 1 heterocycles. The van der Waals surface area contributed by atoms with E-state index in [1.807, 2.05) is 6.92 Å². The molecule has 0 saturated heterocycles. The fraction of sp³-hybridized carbons (Fsp3) is 0.400. The van der Waals surface area contributed by atoms with Crippen molar-refractivity contribution in [3.05, 3.63) is 94.4 Å². The molecule has 1 aromatic carbocycles. The van der Waals surface area contributed by atoms with Gasteiger partial charge in [-0.15, -0.1) is 0 Å². The van der Waals surface area contributed by atoms with Crippen LogP contribution in [0.4, 0.5) is 4.79 Å². The Hall–Kier alpha value is -4.65. The number of ether oxygens (including phenoxy) is 3. The van der Waals surface area contributed by atoms with E-state index in [4.69, 9.17) is 19.9 Å². The van der Waals surface area contributed by atoms with Gasteiger partial charge in [-0.25, -0.2) is 4.79 Å². The van der Waals surface area contributed by atoms with Crippen LogP contribution in [-0.2, 0) is 28.6 Å². The molecule has 6 unspecified atom stereocenters. The molecule has 0 aromatic heterocycles. The number of hydrogen-bond donors (Lipinski definition) is 4. The first kappa shape index (κ1) is 36.8. The predicted octanol–water partition coefficient (Wildman–Crippen LogP) is 3.19. The van der Waals surface area contributed by atoms with Crippen molar-refractivity contribution in [3.8, 4) is 0 Å². The average Bonchev–Trinajstić information content (AvgIpc) is 3.04. The van der Waals surface area contributed by atoms with Crippen LogP contribution in [0.25, 0.3) is 0 Å². The molecule has 2 aliphatic rings. The molecule has 1 aromatic rings. The Morgan fingerprint density at radius 3 is 2.34 bits per heavy atom. The number of aliphatic hydroxyl groups excluding tert-OH is 1. The molecule has 2 bridgehead atoms. The number of ketones is 2. The van der Waals surface area contributed by atoms with Gasteiger partial charge in [0.25, 0.3) is 11.8 Å². The molecule has 5 N–H and O–H groups in total. The van der Waals surface area contributed by atoms with Crippen LogP contribution in [0.2, 0.25) is 0 Å². The summed E-state index contributed by atoms with van der Waals surface area (Å²) in [6, 6.07) is 8.25. The van der Waals surface area contributed by atoms with Crippen LogP contribution >= 0.6 is 0 Å². The molecule has 0 saturated carbocycles. The monoisotopic (exact) mass is 649 g/mol. The number of Topliss-reactive ketones (excluding diaryl/α,β-unsaturated/α-hetero) is 1. The largest absolute Gasteiger partial charge is 0.439 e. The predicted molar refractivity (Wildman–Crippen MR) is 173 cm³/mol. The molecule has 12 nitrogen and oxygen atoms in total. The van der Waals surface area contributed by atoms with Gasteiger partial charge in [0.1, 0.15) is 6.10 Å². The number of nitrogens with one attached hydrogen (secondary N) is 2. The molecule has 3 amide bonds. The normalized spacial score (nSPS) is 29.4. The number of methoxy groups -OCH3 is 2. The second-order valence-electron chi connectivity index (χ2n) is 11.8. The highest BCUT2D eigenvalue weighted by Crippen LogP contribution is 2.29. The summed E-state index contributed by atoms with van der Waals surface area (Å²) in [5, 5.41) is 16.4. The van der Waals surface area contributed by atoms with Gasteiger partial charge in [0.2, 0.25) is 11.6 Å². The van der Waals surface area contributed by atoms with Crippen LogP contribution in [0.1, 0.15) is 50.9 Å². The molecule has 6 atom stereocenters. The van der Waals surface area contributed by atoms with Gasteiger partial charge in [0.15, 0.2) is 6.10 Å². The van der Waals surface area contributed by atoms with Crippen molar-refractivity contribution in [2.24, 2.45) is 17.6 Å². The molecule has 0 fully saturated rings. The summed E-state index contributed by atoms with van der Waals surface area (Å²) >= 11 is 0. The third kappa shape index (κ3) is 9.67. The zero-order chi connectivity index (χ0) is 34.8. The highest BCUT2D eigenvalue weighted by molar-refractivity contribution is 6.24. The lowest BCUT2D eigenvalue weighted by Crippen LogP contribution is -2.38. The summed E-state index contributed by atoms with van der Waals surface area (Å²) in [6.45, 7) is 6.83. The molecule has 252 valence electrons. The molecular weight excluding hydrogens is 606 g/mol. The molecule has 0 radical (unpaired) electrons. The highest BCUT2D eigenvalue weighted by Gasteiger charge is 2.34. The zero-order valence-electron chi connectivity index (χ0n) is 27.4. The van der Waals surface area contributed by atoms with E-state index in [1.165, 1.54) is 33.3 Å². The van der Waals surface area contributed by atoms with Crippen molar-refractivity contribution in [2.75, 3.05) is 14.2 Å². The van der Waals surface area contributed by atoms with Gasteiger partial charge in [0.05, 0.1) is 23.6 Å². The lowest BCUT2D eigenvalue weighted by Gasteiger charge is -2.30.